The number of carbonyl (C=O) groups is 3. The van der Waals surface area contributed by atoms with E-state index in [-0.39, 0.29) is 29.5 Å². The average molecular weight is 441 g/mol. The molecule has 2 N–H and O–H groups in total. The molecule has 1 fully saturated rings. The number of piperidine rings is 1. The summed E-state index contributed by atoms with van der Waals surface area (Å²) in [5.74, 6) is -0.669. The number of anilines is 1. The molecule has 30 heavy (non-hydrogen) atoms. The Bertz CT molecular complexity index is 864. The first-order valence-electron chi connectivity index (χ1n) is 9.68. The van der Waals surface area contributed by atoms with Crippen LogP contribution in [0, 0.1) is 0 Å². The monoisotopic (exact) mass is 440 g/mol. The van der Waals surface area contributed by atoms with Crippen LogP contribution in [0.5, 0.6) is 0 Å². The Kier molecular flexibility index (Phi) is 8.18. The summed E-state index contributed by atoms with van der Waals surface area (Å²) in [7, 11) is -2.52. The maximum Gasteiger partial charge on any atom is 0.409 e. The van der Waals surface area contributed by atoms with Gasteiger partial charge in [-0.05, 0) is 44.0 Å². The predicted octanol–water partition coefficient (Wildman–Crippen LogP) is 1.00. The van der Waals surface area contributed by atoms with Gasteiger partial charge in [0.25, 0.3) is 0 Å². The maximum atomic E-state index is 12.7. The molecule has 0 radical (unpaired) electrons. The van der Waals surface area contributed by atoms with Gasteiger partial charge in [0.2, 0.25) is 21.8 Å². The summed E-state index contributed by atoms with van der Waals surface area (Å²) in [6, 6.07) is 5.59. The van der Waals surface area contributed by atoms with Gasteiger partial charge in [-0.15, -0.1) is 0 Å². The second-order valence-corrected chi connectivity index (χ2v) is 9.04. The zero-order valence-corrected chi connectivity index (χ0v) is 18.2. The van der Waals surface area contributed by atoms with E-state index < -0.39 is 15.9 Å². The van der Waals surface area contributed by atoms with Crippen molar-refractivity contribution in [2.45, 2.75) is 37.6 Å². The number of carbonyl (C=O) groups excluding carboxylic acids is 3. The van der Waals surface area contributed by atoms with Crippen molar-refractivity contribution in [3.05, 3.63) is 24.3 Å². The van der Waals surface area contributed by atoms with Gasteiger partial charge in [-0.3, -0.25) is 9.59 Å². The summed E-state index contributed by atoms with van der Waals surface area (Å²) in [6.45, 7) is 4.03. The van der Waals surface area contributed by atoms with Crippen molar-refractivity contribution in [1.82, 2.24) is 14.5 Å². The van der Waals surface area contributed by atoms with Gasteiger partial charge in [-0.2, -0.15) is 4.31 Å². The largest absolute Gasteiger partial charge is 0.450 e. The van der Waals surface area contributed by atoms with Gasteiger partial charge in [0.15, 0.2) is 0 Å². The number of amides is 3. The minimum Gasteiger partial charge on any atom is -0.450 e. The molecule has 1 aliphatic heterocycles. The summed E-state index contributed by atoms with van der Waals surface area (Å²) < 4.78 is 31.3. The van der Waals surface area contributed by atoms with Crippen LogP contribution >= 0.6 is 0 Å². The fraction of sp³-hybridized carbons (Fsp3) is 0.526. The van der Waals surface area contributed by atoms with Crippen molar-refractivity contribution in [2.75, 3.05) is 38.6 Å². The van der Waals surface area contributed by atoms with Crippen molar-refractivity contribution in [3.63, 3.8) is 0 Å². The molecule has 1 heterocycles. The number of benzene rings is 1. The van der Waals surface area contributed by atoms with Crippen molar-refractivity contribution in [1.29, 1.82) is 0 Å². The molecule has 1 aromatic rings. The fourth-order valence-corrected chi connectivity index (χ4v) is 4.20. The molecule has 0 atom stereocenters. The van der Waals surface area contributed by atoms with Crippen molar-refractivity contribution < 1.29 is 27.5 Å². The van der Waals surface area contributed by atoms with Crippen molar-refractivity contribution >= 4 is 33.6 Å². The maximum absolute atomic E-state index is 12.7. The second kappa shape index (κ2) is 10.4. The van der Waals surface area contributed by atoms with Crippen LogP contribution in [-0.4, -0.2) is 74.9 Å². The Morgan fingerprint density at radius 2 is 1.77 bits per heavy atom. The highest BCUT2D eigenvalue weighted by molar-refractivity contribution is 7.89. The summed E-state index contributed by atoms with van der Waals surface area (Å²) in [5, 5.41) is 5.39. The number of likely N-dealkylation sites (N-methyl/N-ethyl adjacent to an activating group) is 1. The van der Waals surface area contributed by atoms with Crippen LogP contribution < -0.4 is 10.6 Å². The van der Waals surface area contributed by atoms with Crippen LogP contribution in [-0.2, 0) is 24.3 Å². The smallest absolute Gasteiger partial charge is 0.409 e. The van der Waals surface area contributed by atoms with Gasteiger partial charge in [0.05, 0.1) is 18.0 Å². The molecule has 0 saturated carbocycles. The van der Waals surface area contributed by atoms with E-state index in [0.29, 0.717) is 38.2 Å². The molecule has 3 amide bonds. The average Bonchev–Trinajstić information content (AvgIpc) is 2.68. The van der Waals surface area contributed by atoms with E-state index in [1.807, 2.05) is 0 Å². The lowest BCUT2D eigenvalue weighted by Gasteiger charge is -2.31. The lowest BCUT2D eigenvalue weighted by Crippen LogP contribution is -2.49. The summed E-state index contributed by atoms with van der Waals surface area (Å²) in [6.07, 6.45) is 0.787. The summed E-state index contributed by atoms with van der Waals surface area (Å²) in [4.78, 5) is 36.7. The Balaban J connectivity index is 1.87. The predicted molar refractivity (Wildman–Crippen MR) is 110 cm³/mol. The Morgan fingerprint density at radius 3 is 2.30 bits per heavy atom. The van der Waals surface area contributed by atoms with E-state index in [9.17, 15) is 22.8 Å². The van der Waals surface area contributed by atoms with Gasteiger partial charge in [-0.1, -0.05) is 0 Å². The zero-order chi connectivity index (χ0) is 22.3. The Labute approximate surface area is 176 Å². The van der Waals surface area contributed by atoms with Gasteiger partial charge < -0.3 is 20.3 Å². The Hall–Kier alpha value is -2.66. The standard InChI is InChI=1S/C19H28N4O6S/c1-4-29-19(26)23-11-9-16(10-12-23)21-18(25)13-22(3)30(27,28)17-7-5-15(6-8-17)20-14(2)24/h5-8,16H,4,9-13H2,1-3H3,(H,20,24)(H,21,25). The molecule has 0 spiro atoms. The SMILES string of the molecule is CCOC(=O)N1CCC(NC(=O)CN(C)S(=O)(=O)c2ccc(NC(C)=O)cc2)CC1. The normalized spacial score (nSPS) is 15.0. The van der Waals surface area contributed by atoms with E-state index in [2.05, 4.69) is 10.6 Å². The van der Waals surface area contributed by atoms with Crippen molar-refractivity contribution in [3.8, 4) is 0 Å². The number of hydrogen-bond donors (Lipinski definition) is 2. The highest BCUT2D eigenvalue weighted by atomic mass is 32.2. The number of sulfonamides is 1. The Morgan fingerprint density at radius 1 is 1.17 bits per heavy atom. The molecule has 1 aliphatic rings. The van der Waals surface area contributed by atoms with E-state index >= 15 is 0 Å². The van der Waals surface area contributed by atoms with E-state index in [1.54, 1.807) is 11.8 Å². The quantitative estimate of drug-likeness (QED) is 0.652. The third-order valence-corrected chi connectivity index (χ3v) is 6.45. The molecule has 2 rings (SSSR count). The van der Waals surface area contributed by atoms with Crippen molar-refractivity contribution in [2.24, 2.45) is 0 Å². The first-order chi connectivity index (χ1) is 14.1. The molecule has 1 saturated heterocycles. The second-order valence-electron chi connectivity index (χ2n) is 6.99. The number of nitrogens with zero attached hydrogens (tertiary/aromatic N) is 2. The molecule has 0 aromatic heterocycles. The molecule has 0 aliphatic carbocycles. The van der Waals surface area contributed by atoms with Crippen LogP contribution in [0.2, 0.25) is 0 Å². The van der Waals surface area contributed by atoms with E-state index in [4.69, 9.17) is 4.74 Å². The van der Waals surface area contributed by atoms with Gasteiger partial charge >= 0.3 is 6.09 Å². The topological polar surface area (TPSA) is 125 Å². The molecule has 10 nitrogen and oxygen atoms in total. The number of nitrogens with one attached hydrogen (secondary N) is 2. The molecular formula is C19H28N4O6S. The lowest BCUT2D eigenvalue weighted by molar-refractivity contribution is -0.122. The third-order valence-electron chi connectivity index (χ3n) is 4.64. The van der Waals surface area contributed by atoms with Crippen LogP contribution in [0.3, 0.4) is 0 Å². The highest BCUT2D eigenvalue weighted by Gasteiger charge is 2.27. The third kappa shape index (κ3) is 6.42. The van der Waals surface area contributed by atoms with Crippen LogP contribution in [0.15, 0.2) is 29.2 Å². The highest BCUT2D eigenvalue weighted by Crippen LogP contribution is 2.18. The van der Waals surface area contributed by atoms with Gasteiger partial charge in [0.1, 0.15) is 0 Å². The zero-order valence-electron chi connectivity index (χ0n) is 17.4. The minimum atomic E-state index is -3.86. The molecule has 166 valence electrons. The fourth-order valence-electron chi connectivity index (χ4n) is 3.08. The molecular weight excluding hydrogens is 412 g/mol. The van der Waals surface area contributed by atoms with Crippen LogP contribution in [0.25, 0.3) is 0 Å². The first kappa shape index (κ1) is 23.6. The molecule has 1 aromatic carbocycles. The number of rotatable bonds is 7. The van der Waals surface area contributed by atoms with Crippen LogP contribution in [0.4, 0.5) is 10.5 Å². The van der Waals surface area contributed by atoms with Gasteiger partial charge in [-0.25, -0.2) is 13.2 Å². The van der Waals surface area contributed by atoms with E-state index in [1.165, 1.54) is 38.2 Å². The first-order valence-corrected chi connectivity index (χ1v) is 11.1. The minimum absolute atomic E-state index is 0.0228. The number of likely N-dealkylation sites (tertiary alicyclic amines) is 1. The molecule has 11 heteroatoms. The lowest BCUT2D eigenvalue weighted by atomic mass is 10.1. The van der Waals surface area contributed by atoms with E-state index in [0.717, 1.165) is 4.31 Å². The number of hydrogen-bond acceptors (Lipinski definition) is 6. The molecule has 0 unspecified atom stereocenters. The summed E-state index contributed by atoms with van der Waals surface area (Å²) in [5.41, 5.74) is 0.482. The number of ether oxygens (including phenoxy) is 1. The summed E-state index contributed by atoms with van der Waals surface area (Å²) >= 11 is 0. The van der Waals surface area contributed by atoms with Crippen LogP contribution in [0.1, 0.15) is 26.7 Å². The molecule has 0 bridgehead atoms. The van der Waals surface area contributed by atoms with Gasteiger partial charge in [0, 0.05) is 38.8 Å².